The van der Waals surface area contributed by atoms with Crippen molar-refractivity contribution in [3.05, 3.63) is 0 Å². The van der Waals surface area contributed by atoms with Gasteiger partial charge in [0.1, 0.15) is 0 Å². The highest BCUT2D eigenvalue weighted by molar-refractivity contribution is 4.56. The first-order valence-electron chi connectivity index (χ1n) is 4.08. The highest BCUT2D eigenvalue weighted by Gasteiger charge is 2.00. The quantitative estimate of drug-likeness (QED) is 0.585. The summed E-state index contributed by atoms with van der Waals surface area (Å²) in [6, 6.07) is 0.665. The summed E-state index contributed by atoms with van der Waals surface area (Å²) >= 11 is 0. The van der Waals surface area contributed by atoms with Crippen molar-refractivity contribution in [1.29, 1.82) is 0 Å². The van der Waals surface area contributed by atoms with Crippen LogP contribution < -0.4 is 5.73 Å². The van der Waals surface area contributed by atoms with Gasteiger partial charge in [-0.1, -0.05) is 0 Å². The molecule has 2 heteroatoms. The molecule has 0 heterocycles. The second-order valence-corrected chi connectivity index (χ2v) is 3.07. The Labute approximate surface area is 64.4 Å². The van der Waals surface area contributed by atoms with Gasteiger partial charge in [0, 0.05) is 6.04 Å². The number of nitrogens with zero attached hydrogens (tertiary/aromatic N) is 1. The summed E-state index contributed by atoms with van der Waals surface area (Å²) in [4.78, 5) is 2.34. The van der Waals surface area contributed by atoms with Gasteiger partial charge in [0.15, 0.2) is 0 Å². The first-order valence-corrected chi connectivity index (χ1v) is 4.08. The van der Waals surface area contributed by atoms with Gasteiger partial charge in [-0.05, 0) is 46.8 Å². The van der Waals surface area contributed by atoms with E-state index in [2.05, 4.69) is 25.8 Å². The molecule has 0 aliphatic carbocycles. The average molecular weight is 144 g/mol. The van der Waals surface area contributed by atoms with Gasteiger partial charge in [-0.25, -0.2) is 0 Å². The minimum absolute atomic E-state index is 0.665. The zero-order chi connectivity index (χ0) is 7.98. The molecule has 0 saturated carbocycles. The zero-order valence-electron chi connectivity index (χ0n) is 7.43. The van der Waals surface area contributed by atoms with Crippen LogP contribution in [0.1, 0.15) is 26.7 Å². The van der Waals surface area contributed by atoms with Crippen LogP contribution in [-0.2, 0) is 0 Å². The van der Waals surface area contributed by atoms with Crippen LogP contribution in [-0.4, -0.2) is 31.1 Å². The molecule has 0 amide bonds. The molecule has 0 aromatic rings. The summed E-state index contributed by atoms with van der Waals surface area (Å²) < 4.78 is 0. The van der Waals surface area contributed by atoms with Crippen molar-refractivity contribution in [2.45, 2.75) is 32.7 Å². The molecule has 0 bridgehead atoms. The number of rotatable bonds is 5. The van der Waals surface area contributed by atoms with Crippen molar-refractivity contribution in [2.24, 2.45) is 5.73 Å². The Hall–Kier alpha value is -0.0800. The Bertz CT molecular complexity index is 71.7. The molecule has 0 saturated heterocycles. The van der Waals surface area contributed by atoms with Crippen LogP contribution in [0.25, 0.3) is 0 Å². The normalized spacial score (nSPS) is 11.4. The molecule has 0 rings (SSSR count). The molecule has 0 radical (unpaired) electrons. The third-order valence-corrected chi connectivity index (χ3v) is 1.85. The molecule has 0 aromatic carbocycles. The molecule has 0 aliphatic rings. The van der Waals surface area contributed by atoms with Gasteiger partial charge >= 0.3 is 0 Å². The highest BCUT2D eigenvalue weighted by Crippen LogP contribution is 1.96. The molecule has 2 N–H and O–H groups in total. The fourth-order valence-electron chi connectivity index (χ4n) is 0.764. The van der Waals surface area contributed by atoms with Crippen LogP contribution >= 0.6 is 0 Å². The summed E-state index contributed by atoms with van der Waals surface area (Å²) in [5.74, 6) is 0. The van der Waals surface area contributed by atoms with E-state index in [0.29, 0.717) is 6.04 Å². The minimum Gasteiger partial charge on any atom is -0.330 e. The average Bonchev–Trinajstić information content (AvgIpc) is 1.88. The van der Waals surface area contributed by atoms with Crippen LogP contribution in [0.2, 0.25) is 0 Å². The van der Waals surface area contributed by atoms with Crippen LogP contribution in [0.5, 0.6) is 0 Å². The topological polar surface area (TPSA) is 29.3 Å². The van der Waals surface area contributed by atoms with Crippen molar-refractivity contribution in [3.63, 3.8) is 0 Å². The largest absolute Gasteiger partial charge is 0.330 e. The first-order chi connectivity index (χ1) is 4.68. The maximum absolute atomic E-state index is 5.37. The van der Waals surface area contributed by atoms with Gasteiger partial charge in [-0.3, -0.25) is 0 Å². The number of nitrogens with two attached hydrogens (primary N) is 1. The summed E-state index contributed by atoms with van der Waals surface area (Å²) in [5.41, 5.74) is 5.37. The number of hydrogen-bond acceptors (Lipinski definition) is 2. The van der Waals surface area contributed by atoms with Crippen LogP contribution in [0, 0.1) is 0 Å². The summed E-state index contributed by atoms with van der Waals surface area (Å²) in [6.45, 7) is 6.42. The van der Waals surface area contributed by atoms with E-state index in [1.165, 1.54) is 13.0 Å². The van der Waals surface area contributed by atoms with E-state index in [4.69, 9.17) is 5.73 Å². The monoisotopic (exact) mass is 144 g/mol. The van der Waals surface area contributed by atoms with Gasteiger partial charge in [0.25, 0.3) is 0 Å². The van der Waals surface area contributed by atoms with E-state index in [1.807, 2.05) is 0 Å². The molecule has 0 unspecified atom stereocenters. The molecular formula is C8H20N2. The van der Waals surface area contributed by atoms with Gasteiger partial charge < -0.3 is 10.6 Å². The Morgan fingerprint density at radius 3 is 2.30 bits per heavy atom. The Kier molecular flexibility index (Phi) is 5.64. The van der Waals surface area contributed by atoms with Gasteiger partial charge in [-0.2, -0.15) is 0 Å². The van der Waals surface area contributed by atoms with E-state index in [0.717, 1.165) is 13.0 Å². The third-order valence-electron chi connectivity index (χ3n) is 1.85. The fourth-order valence-corrected chi connectivity index (χ4v) is 0.764. The molecule has 0 aliphatic heterocycles. The Balaban J connectivity index is 3.13. The van der Waals surface area contributed by atoms with Crippen LogP contribution in [0.3, 0.4) is 0 Å². The van der Waals surface area contributed by atoms with Crippen molar-refractivity contribution in [1.82, 2.24) is 4.90 Å². The molecule has 0 aromatic heterocycles. The van der Waals surface area contributed by atoms with Crippen molar-refractivity contribution in [3.8, 4) is 0 Å². The lowest BCUT2D eigenvalue weighted by molar-refractivity contribution is 0.269. The van der Waals surface area contributed by atoms with E-state index < -0.39 is 0 Å². The standard InChI is InChI=1S/C8H20N2/c1-8(2)10(3)7-5-4-6-9/h8H,4-7,9H2,1-3H3. The fraction of sp³-hybridized carbons (Fsp3) is 1.00. The molecule has 62 valence electrons. The number of hydrogen-bond donors (Lipinski definition) is 1. The summed E-state index contributed by atoms with van der Waals surface area (Å²) in [6.07, 6.45) is 2.38. The lowest BCUT2D eigenvalue weighted by atomic mass is 10.2. The van der Waals surface area contributed by atoms with E-state index in [-0.39, 0.29) is 0 Å². The summed E-state index contributed by atoms with van der Waals surface area (Å²) in [7, 11) is 2.15. The number of unbranched alkanes of at least 4 members (excludes halogenated alkanes) is 1. The van der Waals surface area contributed by atoms with E-state index in [1.54, 1.807) is 0 Å². The molecule has 10 heavy (non-hydrogen) atoms. The molecule has 0 spiro atoms. The highest BCUT2D eigenvalue weighted by atomic mass is 15.1. The smallest absolute Gasteiger partial charge is 0.00355 e. The van der Waals surface area contributed by atoms with Gasteiger partial charge in [-0.15, -0.1) is 0 Å². The van der Waals surface area contributed by atoms with Crippen molar-refractivity contribution in [2.75, 3.05) is 20.1 Å². The zero-order valence-corrected chi connectivity index (χ0v) is 7.43. The maximum Gasteiger partial charge on any atom is 0.00355 e. The molecule has 0 fully saturated rings. The first kappa shape index (κ1) is 9.92. The van der Waals surface area contributed by atoms with Crippen LogP contribution in [0.4, 0.5) is 0 Å². The predicted octanol–water partition coefficient (Wildman–Crippen LogP) is 1.07. The Morgan fingerprint density at radius 1 is 1.30 bits per heavy atom. The SMILES string of the molecule is CC(C)N(C)CCCCN. The molecule has 0 atom stereocenters. The predicted molar refractivity (Wildman–Crippen MR) is 46.1 cm³/mol. The van der Waals surface area contributed by atoms with Gasteiger partial charge in [0.05, 0.1) is 0 Å². The van der Waals surface area contributed by atoms with Crippen molar-refractivity contribution < 1.29 is 0 Å². The third kappa shape index (κ3) is 4.77. The maximum atomic E-state index is 5.37. The Morgan fingerprint density at radius 2 is 1.90 bits per heavy atom. The van der Waals surface area contributed by atoms with E-state index in [9.17, 15) is 0 Å². The minimum atomic E-state index is 0.665. The molecule has 2 nitrogen and oxygen atoms in total. The summed E-state index contributed by atoms with van der Waals surface area (Å²) in [5, 5.41) is 0. The van der Waals surface area contributed by atoms with Crippen molar-refractivity contribution >= 4 is 0 Å². The second-order valence-electron chi connectivity index (χ2n) is 3.07. The lowest BCUT2D eigenvalue weighted by Crippen LogP contribution is -2.27. The van der Waals surface area contributed by atoms with E-state index >= 15 is 0 Å². The van der Waals surface area contributed by atoms with Gasteiger partial charge in [0.2, 0.25) is 0 Å². The lowest BCUT2D eigenvalue weighted by Gasteiger charge is -2.20. The van der Waals surface area contributed by atoms with Crippen LogP contribution in [0.15, 0.2) is 0 Å². The second kappa shape index (κ2) is 5.69. The molecular weight excluding hydrogens is 124 g/mol.